The molecule has 0 amide bonds. The molecule has 0 unspecified atom stereocenters. The lowest BCUT2D eigenvalue weighted by atomic mass is 9.95. The molecule has 2 rings (SSSR count). The van der Waals surface area contributed by atoms with Crippen LogP contribution in [0.25, 0.3) is 10.8 Å². The summed E-state index contributed by atoms with van der Waals surface area (Å²) in [6.07, 6.45) is 0.396. The van der Waals surface area contributed by atoms with Gasteiger partial charge in [0.05, 0.1) is 0 Å². The summed E-state index contributed by atoms with van der Waals surface area (Å²) in [6, 6.07) is 9.48. The number of ether oxygens (including phenoxy) is 1. The number of carbonyl (C=O) groups excluding carboxylic acids is 2. The highest BCUT2D eigenvalue weighted by molar-refractivity contribution is 5.96. The number of hydrogen-bond acceptors (Lipinski definition) is 3. The molecule has 98 valence electrons. The summed E-state index contributed by atoms with van der Waals surface area (Å²) in [6.45, 7) is 4.89. The smallest absolute Gasteiger partial charge is 0.308 e. The van der Waals surface area contributed by atoms with Crippen LogP contribution >= 0.6 is 0 Å². The Bertz CT molecular complexity index is 656. The molecule has 0 N–H and O–H groups in total. The summed E-state index contributed by atoms with van der Waals surface area (Å²) in [7, 11) is 0. The van der Waals surface area contributed by atoms with Gasteiger partial charge in [-0.1, -0.05) is 24.3 Å². The zero-order valence-electron chi connectivity index (χ0n) is 11.3. The maximum atomic E-state index is 11.4. The number of ketones is 1. The van der Waals surface area contributed by atoms with E-state index >= 15 is 0 Å². The van der Waals surface area contributed by atoms with E-state index in [1.165, 1.54) is 6.92 Å². The van der Waals surface area contributed by atoms with E-state index in [0.29, 0.717) is 12.2 Å². The number of fused-ring (bicyclic) bond motifs is 1. The maximum Gasteiger partial charge on any atom is 0.308 e. The lowest BCUT2D eigenvalue weighted by Gasteiger charge is -2.13. The van der Waals surface area contributed by atoms with Gasteiger partial charge in [0.25, 0.3) is 0 Å². The SMILES string of the molecule is CC(=O)Cc1c(C)cc(OC(C)=O)c2ccccc12. The van der Waals surface area contributed by atoms with Crippen molar-refractivity contribution in [2.24, 2.45) is 0 Å². The minimum atomic E-state index is -0.344. The van der Waals surface area contributed by atoms with E-state index < -0.39 is 0 Å². The fraction of sp³-hybridized carbons (Fsp3) is 0.250. The molecule has 0 saturated heterocycles. The van der Waals surface area contributed by atoms with E-state index in [1.807, 2.05) is 37.3 Å². The van der Waals surface area contributed by atoms with Gasteiger partial charge >= 0.3 is 5.97 Å². The molecule has 3 heteroatoms. The molecule has 3 nitrogen and oxygen atoms in total. The number of aryl methyl sites for hydroxylation is 1. The van der Waals surface area contributed by atoms with Crippen molar-refractivity contribution in [1.82, 2.24) is 0 Å². The van der Waals surface area contributed by atoms with Gasteiger partial charge in [0.15, 0.2) is 0 Å². The van der Waals surface area contributed by atoms with E-state index in [4.69, 9.17) is 4.74 Å². The Morgan fingerprint density at radius 1 is 1.11 bits per heavy atom. The summed E-state index contributed by atoms with van der Waals surface area (Å²) in [5.74, 6) is 0.324. The summed E-state index contributed by atoms with van der Waals surface area (Å²) in [5, 5.41) is 1.83. The lowest BCUT2D eigenvalue weighted by Crippen LogP contribution is -2.05. The highest BCUT2D eigenvalue weighted by Crippen LogP contribution is 2.31. The van der Waals surface area contributed by atoms with E-state index in [-0.39, 0.29) is 11.8 Å². The zero-order valence-corrected chi connectivity index (χ0v) is 11.3. The van der Waals surface area contributed by atoms with Gasteiger partial charge in [0.1, 0.15) is 11.5 Å². The number of benzene rings is 2. The minimum absolute atomic E-state index is 0.119. The monoisotopic (exact) mass is 256 g/mol. The highest BCUT2D eigenvalue weighted by Gasteiger charge is 2.12. The number of hydrogen-bond donors (Lipinski definition) is 0. The first-order valence-corrected chi connectivity index (χ1v) is 6.18. The van der Waals surface area contributed by atoms with Crippen molar-refractivity contribution >= 4 is 22.5 Å². The van der Waals surface area contributed by atoms with Crippen LogP contribution in [0.15, 0.2) is 30.3 Å². The third-order valence-corrected chi connectivity index (χ3v) is 3.02. The Hall–Kier alpha value is -2.16. The molecule has 0 fully saturated rings. The Labute approximate surface area is 112 Å². The van der Waals surface area contributed by atoms with E-state index in [9.17, 15) is 9.59 Å². The largest absolute Gasteiger partial charge is 0.426 e. The third-order valence-electron chi connectivity index (χ3n) is 3.02. The standard InChI is InChI=1S/C16H16O3/c1-10-8-16(19-12(3)18)14-7-5-4-6-13(14)15(10)9-11(2)17/h4-8H,9H2,1-3H3. The fourth-order valence-electron chi connectivity index (χ4n) is 2.26. The quantitative estimate of drug-likeness (QED) is 0.625. The third kappa shape index (κ3) is 2.81. The molecule has 0 spiro atoms. The average Bonchev–Trinajstić information content (AvgIpc) is 2.33. The zero-order chi connectivity index (χ0) is 14.0. The molecule has 0 radical (unpaired) electrons. The van der Waals surface area contributed by atoms with Crippen LogP contribution in [0.3, 0.4) is 0 Å². The predicted molar refractivity (Wildman–Crippen MR) is 74.4 cm³/mol. The first-order chi connectivity index (χ1) is 8.99. The van der Waals surface area contributed by atoms with Gasteiger partial charge in [0.2, 0.25) is 0 Å². The van der Waals surface area contributed by atoms with Gasteiger partial charge in [-0.2, -0.15) is 0 Å². The van der Waals surface area contributed by atoms with E-state index in [1.54, 1.807) is 6.92 Å². The Balaban J connectivity index is 2.69. The molecular weight excluding hydrogens is 240 g/mol. The van der Waals surface area contributed by atoms with Crippen LogP contribution in [-0.2, 0) is 16.0 Å². The van der Waals surface area contributed by atoms with Crippen molar-refractivity contribution in [2.45, 2.75) is 27.2 Å². The summed E-state index contributed by atoms with van der Waals surface area (Å²) < 4.78 is 5.24. The topological polar surface area (TPSA) is 43.4 Å². The minimum Gasteiger partial charge on any atom is -0.426 e. The summed E-state index contributed by atoms with van der Waals surface area (Å²) in [4.78, 5) is 22.5. The number of carbonyl (C=O) groups is 2. The van der Waals surface area contributed by atoms with Crippen molar-refractivity contribution in [1.29, 1.82) is 0 Å². The Morgan fingerprint density at radius 2 is 1.74 bits per heavy atom. The maximum absolute atomic E-state index is 11.4. The first kappa shape index (κ1) is 13.3. The summed E-state index contributed by atoms with van der Waals surface area (Å²) >= 11 is 0. The highest BCUT2D eigenvalue weighted by atomic mass is 16.5. The molecular formula is C16H16O3. The van der Waals surface area contributed by atoms with Gasteiger partial charge in [-0.15, -0.1) is 0 Å². The van der Waals surface area contributed by atoms with Crippen molar-refractivity contribution in [3.05, 3.63) is 41.5 Å². The Kier molecular flexibility index (Phi) is 3.65. The van der Waals surface area contributed by atoms with Crippen molar-refractivity contribution < 1.29 is 14.3 Å². The molecule has 19 heavy (non-hydrogen) atoms. The van der Waals surface area contributed by atoms with Crippen LogP contribution in [0.2, 0.25) is 0 Å². The number of esters is 1. The van der Waals surface area contributed by atoms with Gasteiger partial charge < -0.3 is 4.74 Å². The second-order valence-electron chi connectivity index (χ2n) is 4.69. The van der Waals surface area contributed by atoms with Crippen LogP contribution < -0.4 is 4.74 Å². The van der Waals surface area contributed by atoms with E-state index in [2.05, 4.69) is 0 Å². The van der Waals surface area contributed by atoms with Crippen LogP contribution in [0.4, 0.5) is 0 Å². The molecule has 0 aromatic heterocycles. The molecule has 0 atom stereocenters. The van der Waals surface area contributed by atoms with Crippen molar-refractivity contribution in [2.75, 3.05) is 0 Å². The van der Waals surface area contributed by atoms with Gasteiger partial charge in [-0.05, 0) is 36.4 Å². The number of Topliss-reactive ketones (excluding diaryl/α,β-unsaturated/α-hetero) is 1. The van der Waals surface area contributed by atoms with Crippen LogP contribution in [-0.4, -0.2) is 11.8 Å². The van der Waals surface area contributed by atoms with E-state index in [0.717, 1.165) is 21.9 Å². The molecule has 0 heterocycles. The van der Waals surface area contributed by atoms with Gasteiger partial charge in [0, 0.05) is 18.7 Å². The molecule has 0 aliphatic rings. The molecule has 0 bridgehead atoms. The van der Waals surface area contributed by atoms with Gasteiger partial charge in [-0.25, -0.2) is 0 Å². The molecule has 2 aromatic carbocycles. The van der Waals surface area contributed by atoms with Crippen molar-refractivity contribution in [3.63, 3.8) is 0 Å². The van der Waals surface area contributed by atoms with Crippen LogP contribution in [0.1, 0.15) is 25.0 Å². The normalized spacial score (nSPS) is 10.5. The number of rotatable bonds is 3. The van der Waals surface area contributed by atoms with Crippen molar-refractivity contribution in [3.8, 4) is 5.75 Å². The first-order valence-electron chi connectivity index (χ1n) is 6.18. The summed E-state index contributed by atoms with van der Waals surface area (Å²) in [5.41, 5.74) is 1.96. The second-order valence-corrected chi connectivity index (χ2v) is 4.69. The molecule has 2 aromatic rings. The van der Waals surface area contributed by atoms with Crippen LogP contribution in [0, 0.1) is 6.92 Å². The molecule has 0 saturated carbocycles. The molecule has 0 aliphatic heterocycles. The predicted octanol–water partition coefficient (Wildman–Crippen LogP) is 3.21. The lowest BCUT2D eigenvalue weighted by molar-refractivity contribution is -0.131. The second kappa shape index (κ2) is 5.22. The fourth-order valence-corrected chi connectivity index (χ4v) is 2.26. The van der Waals surface area contributed by atoms with Gasteiger partial charge in [-0.3, -0.25) is 9.59 Å². The Morgan fingerprint density at radius 3 is 2.32 bits per heavy atom. The van der Waals surface area contributed by atoms with Crippen LogP contribution in [0.5, 0.6) is 5.75 Å². The average molecular weight is 256 g/mol. The molecule has 0 aliphatic carbocycles.